The number of nitrogens with zero attached hydrogens (tertiary/aromatic N) is 6. The lowest BCUT2D eigenvalue weighted by Crippen LogP contribution is -2.51. The van der Waals surface area contributed by atoms with Crippen molar-refractivity contribution in [2.75, 3.05) is 0 Å². The molecule has 5 heterocycles. The van der Waals surface area contributed by atoms with Crippen LogP contribution in [0.4, 0.5) is 0 Å². The van der Waals surface area contributed by atoms with Crippen molar-refractivity contribution in [3.63, 3.8) is 0 Å². The number of hydrogen-bond donors (Lipinski definition) is 0. The Morgan fingerprint density at radius 1 is 0.404 bits per heavy atom. The van der Waals surface area contributed by atoms with E-state index in [4.69, 9.17) is 19.9 Å². The maximum Gasteiger partial charge on any atom is 0.162 e. The number of aromatic nitrogens is 6. The summed E-state index contributed by atoms with van der Waals surface area (Å²) in [6.07, 6.45) is 0. The van der Waals surface area contributed by atoms with Crippen LogP contribution in [0.3, 0.4) is 0 Å². The third kappa shape index (κ3) is 4.57. The van der Waals surface area contributed by atoms with Crippen LogP contribution in [0.1, 0.15) is 0 Å². The molecule has 0 atom stereocenters. The molecule has 0 aliphatic carbocycles. The predicted molar refractivity (Wildman–Crippen MR) is 237 cm³/mol. The molecule has 0 amide bonds. The Morgan fingerprint density at radius 3 is 1.65 bits per heavy atom. The Morgan fingerprint density at radius 2 is 0.930 bits per heavy atom. The Hall–Kier alpha value is -7.22. The first-order valence-electron chi connectivity index (χ1n) is 19.4. The van der Waals surface area contributed by atoms with Gasteiger partial charge in [0.25, 0.3) is 0 Å². The van der Waals surface area contributed by atoms with Gasteiger partial charge in [0.15, 0.2) is 11.6 Å². The Balaban J connectivity index is 1.14. The van der Waals surface area contributed by atoms with Gasteiger partial charge in [-0.3, -0.25) is 9.13 Å². The van der Waals surface area contributed by atoms with E-state index in [1.807, 2.05) is 24.3 Å². The summed E-state index contributed by atoms with van der Waals surface area (Å²) in [7, 11) is -2.20. The first-order chi connectivity index (χ1) is 28.0. The van der Waals surface area contributed by atoms with Gasteiger partial charge in [-0.25, -0.2) is 19.9 Å². The van der Waals surface area contributed by atoms with Gasteiger partial charge in [0, 0.05) is 48.9 Å². The molecular weight excluding hydrogens is 713 g/mol. The summed E-state index contributed by atoms with van der Waals surface area (Å²) in [5.74, 6) is 3.22. The fourth-order valence-electron chi connectivity index (χ4n) is 9.25. The Bertz CT molecular complexity index is 3400. The zero-order valence-corrected chi connectivity index (χ0v) is 32.3. The van der Waals surface area contributed by atoms with Crippen LogP contribution in [-0.2, 0) is 0 Å². The summed E-state index contributed by atoms with van der Waals surface area (Å²) in [4.78, 5) is 21.5. The summed E-state index contributed by atoms with van der Waals surface area (Å²) in [5.41, 5.74) is 9.69. The molecule has 0 fully saturated rings. The van der Waals surface area contributed by atoms with Crippen LogP contribution in [0.5, 0.6) is 0 Å². The van der Waals surface area contributed by atoms with Gasteiger partial charge in [-0.2, -0.15) is 0 Å². The van der Waals surface area contributed by atoms with Gasteiger partial charge in [-0.05, 0) is 59.3 Å². The molecule has 0 radical (unpaired) electrons. The fraction of sp³-hybridized carbons (Fsp3) is 0.0400. The first-order valence-corrected chi connectivity index (χ1v) is 22.4. The smallest absolute Gasteiger partial charge is 0.162 e. The quantitative estimate of drug-likeness (QED) is 0.168. The zero-order chi connectivity index (χ0) is 37.8. The number of para-hydroxylation sites is 4. The van der Waals surface area contributed by atoms with Gasteiger partial charge in [0.2, 0.25) is 0 Å². The molecule has 0 unspecified atom stereocenters. The minimum Gasteiger partial charge on any atom is -0.293 e. The second-order valence-electron chi connectivity index (χ2n) is 15.5. The highest BCUT2D eigenvalue weighted by atomic mass is 28.3. The van der Waals surface area contributed by atoms with E-state index in [9.17, 15) is 0 Å². The first kappa shape index (κ1) is 32.1. The van der Waals surface area contributed by atoms with E-state index in [-0.39, 0.29) is 0 Å². The van der Waals surface area contributed by atoms with E-state index in [1.165, 1.54) is 26.8 Å². The molecule has 7 heteroatoms. The average Bonchev–Trinajstić information content (AvgIpc) is 3.86. The molecular formula is C50H34N6Si. The SMILES string of the molecule is C[Si]1(C)c2ccccc2-c2c(-n3c4ccccc4c4ccccc43)nc(-c3ccc4c(c3)c3ccccc3n4-c3nc(-c4ccccc4)nc4ccccc34)nc21. The minimum atomic E-state index is -2.20. The van der Waals surface area contributed by atoms with Gasteiger partial charge in [0.1, 0.15) is 19.7 Å². The van der Waals surface area contributed by atoms with E-state index in [1.54, 1.807) is 0 Å². The summed E-state index contributed by atoms with van der Waals surface area (Å²) in [6, 6.07) is 60.1. The average molecular weight is 747 g/mol. The number of hydrogen-bond acceptors (Lipinski definition) is 4. The van der Waals surface area contributed by atoms with Crippen LogP contribution in [0.15, 0.2) is 170 Å². The van der Waals surface area contributed by atoms with Crippen LogP contribution >= 0.6 is 0 Å². The molecule has 4 aromatic heterocycles. The van der Waals surface area contributed by atoms with Gasteiger partial charge >= 0.3 is 0 Å². The van der Waals surface area contributed by atoms with Gasteiger partial charge in [-0.1, -0.05) is 134 Å². The molecule has 268 valence electrons. The molecule has 1 aliphatic rings. The Labute approximate surface area is 329 Å². The molecule has 0 bridgehead atoms. The highest BCUT2D eigenvalue weighted by molar-refractivity contribution is 7.03. The normalized spacial score (nSPS) is 13.2. The van der Waals surface area contributed by atoms with Crippen molar-refractivity contribution in [1.82, 2.24) is 29.1 Å². The van der Waals surface area contributed by atoms with Crippen LogP contribution < -0.4 is 10.5 Å². The molecule has 0 saturated carbocycles. The highest BCUT2D eigenvalue weighted by Gasteiger charge is 2.42. The van der Waals surface area contributed by atoms with E-state index in [0.29, 0.717) is 5.82 Å². The van der Waals surface area contributed by atoms with Crippen molar-refractivity contribution in [3.05, 3.63) is 170 Å². The van der Waals surface area contributed by atoms with E-state index >= 15 is 0 Å². The molecule has 1 aliphatic heterocycles. The molecule has 12 rings (SSSR count). The standard InChI is InChI=1S/C50H34N6Si/c1-57(2)44-27-15-10-22-37(44)45-49(56-40-24-12-7-18-33(40)34-19-8-13-25-41(34)56)53-47(54-50(45)57)32-28-29-43-38(30-32)35-20-9-14-26-42(35)55(43)48-36-21-6-11-23-39(36)51-46(52-48)31-16-4-3-5-17-31/h3-30H,1-2H3. The summed E-state index contributed by atoms with van der Waals surface area (Å²) in [6.45, 7) is 4.85. The van der Waals surface area contributed by atoms with Crippen molar-refractivity contribution in [2.24, 2.45) is 0 Å². The van der Waals surface area contributed by atoms with Crippen molar-refractivity contribution in [3.8, 4) is 45.5 Å². The van der Waals surface area contributed by atoms with E-state index in [0.717, 1.165) is 77.9 Å². The monoisotopic (exact) mass is 746 g/mol. The molecule has 0 saturated heterocycles. The maximum absolute atomic E-state index is 5.61. The maximum atomic E-state index is 5.61. The van der Waals surface area contributed by atoms with E-state index in [2.05, 4.69) is 168 Å². The molecule has 0 N–H and O–H groups in total. The number of fused-ring (bicyclic) bond motifs is 10. The van der Waals surface area contributed by atoms with Crippen molar-refractivity contribution in [2.45, 2.75) is 13.1 Å². The van der Waals surface area contributed by atoms with Crippen molar-refractivity contribution < 1.29 is 0 Å². The minimum absolute atomic E-state index is 0.698. The lowest BCUT2D eigenvalue weighted by atomic mass is 10.1. The van der Waals surface area contributed by atoms with Crippen LogP contribution in [0.2, 0.25) is 13.1 Å². The predicted octanol–water partition coefficient (Wildman–Crippen LogP) is 10.8. The third-order valence-corrected chi connectivity index (χ3v) is 15.2. The van der Waals surface area contributed by atoms with Gasteiger partial charge < -0.3 is 0 Å². The molecule has 7 aromatic carbocycles. The van der Waals surface area contributed by atoms with Crippen LogP contribution in [0, 0.1) is 0 Å². The summed E-state index contributed by atoms with van der Waals surface area (Å²) >= 11 is 0. The fourth-order valence-corrected chi connectivity index (χ4v) is 12.2. The number of benzene rings is 7. The summed E-state index contributed by atoms with van der Waals surface area (Å²) in [5, 5.41) is 8.26. The molecule has 57 heavy (non-hydrogen) atoms. The van der Waals surface area contributed by atoms with Crippen molar-refractivity contribution in [1.29, 1.82) is 0 Å². The lowest BCUT2D eigenvalue weighted by Gasteiger charge is -2.19. The summed E-state index contributed by atoms with van der Waals surface area (Å²) < 4.78 is 4.67. The third-order valence-electron chi connectivity index (χ3n) is 11.9. The van der Waals surface area contributed by atoms with Crippen LogP contribution in [0.25, 0.3) is 100 Å². The van der Waals surface area contributed by atoms with Crippen LogP contribution in [-0.4, -0.2) is 37.1 Å². The van der Waals surface area contributed by atoms with E-state index < -0.39 is 8.07 Å². The van der Waals surface area contributed by atoms with Gasteiger partial charge in [0.05, 0.1) is 27.6 Å². The molecule has 0 spiro atoms. The highest BCUT2D eigenvalue weighted by Crippen LogP contribution is 2.40. The van der Waals surface area contributed by atoms with Crippen molar-refractivity contribution >= 4 is 73.1 Å². The second-order valence-corrected chi connectivity index (χ2v) is 19.7. The zero-order valence-electron chi connectivity index (χ0n) is 31.3. The molecule has 6 nitrogen and oxygen atoms in total. The second kappa shape index (κ2) is 11.9. The Kier molecular flexibility index (Phi) is 6.69. The topological polar surface area (TPSA) is 61.4 Å². The number of rotatable bonds is 4. The lowest BCUT2D eigenvalue weighted by molar-refractivity contribution is 1.06. The largest absolute Gasteiger partial charge is 0.293 e. The van der Waals surface area contributed by atoms with Gasteiger partial charge in [-0.15, -0.1) is 0 Å². The molecule has 11 aromatic rings.